The maximum atomic E-state index is 13.6. The molecule has 2 saturated heterocycles. The van der Waals surface area contributed by atoms with Crippen LogP contribution in [0.15, 0.2) is 12.2 Å². The van der Waals surface area contributed by atoms with Gasteiger partial charge in [0.1, 0.15) is 30.8 Å². The van der Waals surface area contributed by atoms with E-state index in [4.69, 9.17) is 9.47 Å². The summed E-state index contributed by atoms with van der Waals surface area (Å²) in [5.41, 5.74) is -0.737. The SMILES string of the molecule is C/C=C/[C@@H]1CC(=O)N[C@H](CCC(=O)N2CCOCC2)C(=O)N[C@H](CSSCC)C(=O)N[C@H](C(C)(C)C)C(=O)NCC(=O)O1. The number of carbonyl (C=O) groups excluding carboxylic acids is 6. The summed E-state index contributed by atoms with van der Waals surface area (Å²) < 4.78 is 10.7. The van der Waals surface area contributed by atoms with E-state index in [1.54, 1.807) is 38.7 Å². The number of morpholine rings is 1. The molecule has 15 heteroatoms. The van der Waals surface area contributed by atoms with Crippen molar-refractivity contribution in [1.29, 1.82) is 0 Å². The third kappa shape index (κ3) is 12.8. The average molecular weight is 644 g/mol. The van der Waals surface area contributed by atoms with Gasteiger partial charge in [-0.05, 0) is 24.8 Å². The van der Waals surface area contributed by atoms with Crippen LogP contribution in [-0.2, 0) is 38.2 Å². The number of carbonyl (C=O) groups is 6. The highest BCUT2D eigenvalue weighted by Crippen LogP contribution is 2.23. The summed E-state index contributed by atoms with van der Waals surface area (Å²) in [5, 5.41) is 10.6. The third-order valence-corrected chi connectivity index (χ3v) is 9.12. The number of hydrogen-bond donors (Lipinski definition) is 4. The van der Waals surface area contributed by atoms with Gasteiger partial charge in [-0.2, -0.15) is 0 Å². The number of ether oxygens (including phenoxy) is 2. The summed E-state index contributed by atoms with van der Waals surface area (Å²) >= 11 is 0. The quantitative estimate of drug-likeness (QED) is 0.127. The molecule has 0 unspecified atom stereocenters. The monoisotopic (exact) mass is 643 g/mol. The first-order valence-electron chi connectivity index (χ1n) is 14.5. The second-order valence-electron chi connectivity index (χ2n) is 11.2. The number of rotatable bonds is 8. The molecule has 2 aliphatic rings. The number of allylic oxidation sites excluding steroid dienone is 1. The number of esters is 1. The van der Waals surface area contributed by atoms with Gasteiger partial charge in [0.25, 0.3) is 0 Å². The minimum absolute atomic E-state index is 0.0138. The zero-order valence-electron chi connectivity index (χ0n) is 25.6. The Balaban J connectivity index is 2.38. The molecular weight excluding hydrogens is 598 g/mol. The fourth-order valence-corrected chi connectivity index (χ4v) is 6.18. The van der Waals surface area contributed by atoms with E-state index in [1.165, 1.54) is 27.7 Å². The Kier molecular flexibility index (Phi) is 15.3. The molecule has 0 radical (unpaired) electrons. The summed E-state index contributed by atoms with van der Waals surface area (Å²) in [6.07, 6.45) is 1.87. The molecule has 5 amide bonds. The Morgan fingerprint density at radius 3 is 2.28 bits per heavy atom. The highest BCUT2D eigenvalue weighted by Gasteiger charge is 2.36. The van der Waals surface area contributed by atoms with Crippen LogP contribution >= 0.6 is 21.6 Å². The van der Waals surface area contributed by atoms with Gasteiger partial charge in [-0.25, -0.2) is 0 Å². The first kappa shape index (κ1) is 36.4. The number of amides is 5. The van der Waals surface area contributed by atoms with Crippen LogP contribution in [0, 0.1) is 5.41 Å². The predicted octanol–water partition coefficient (Wildman–Crippen LogP) is 0.535. The molecule has 0 spiro atoms. The van der Waals surface area contributed by atoms with Crippen LogP contribution in [0.2, 0.25) is 0 Å². The highest BCUT2D eigenvalue weighted by molar-refractivity contribution is 8.76. The standard InChI is InChI=1S/C28H45N5O8S2/c1-6-8-18-15-21(34)30-19(9-10-22(35)33-11-13-40-14-12-33)25(37)31-20(17-43-42-7-2)26(38)32-24(28(3,4)5)27(39)29-16-23(36)41-18/h6,8,18-20,24H,7,9-17H2,1-5H3,(H,29,39)(H,30,34)(H,31,37)(H,32,38)/b8-6+/t18-,19-,20-,24+/m1/s1. The van der Waals surface area contributed by atoms with Crippen LogP contribution in [0.1, 0.15) is 53.9 Å². The molecule has 2 heterocycles. The molecule has 0 aromatic rings. The van der Waals surface area contributed by atoms with Crippen molar-refractivity contribution in [2.75, 3.05) is 44.4 Å². The summed E-state index contributed by atoms with van der Waals surface area (Å²) in [5.74, 6) is -2.41. The largest absolute Gasteiger partial charge is 0.456 e. The first-order chi connectivity index (χ1) is 20.3. The molecule has 0 aromatic carbocycles. The topological polar surface area (TPSA) is 172 Å². The lowest BCUT2D eigenvalue weighted by Gasteiger charge is -2.32. The van der Waals surface area contributed by atoms with Crippen molar-refractivity contribution in [2.45, 2.75) is 78.1 Å². The molecular formula is C28H45N5O8S2. The van der Waals surface area contributed by atoms with Gasteiger partial charge in [0, 0.05) is 31.0 Å². The first-order valence-corrected chi connectivity index (χ1v) is 16.9. The van der Waals surface area contributed by atoms with Crippen LogP contribution in [0.5, 0.6) is 0 Å². The van der Waals surface area contributed by atoms with Crippen LogP contribution in [0.4, 0.5) is 0 Å². The van der Waals surface area contributed by atoms with Gasteiger partial charge >= 0.3 is 5.97 Å². The van der Waals surface area contributed by atoms with Crippen molar-refractivity contribution in [3.05, 3.63) is 12.2 Å². The molecule has 0 aromatic heterocycles. The normalized spacial score (nSPS) is 25.4. The fraction of sp³-hybridized carbons (Fsp3) is 0.714. The number of nitrogens with one attached hydrogen (secondary N) is 4. The molecule has 2 fully saturated rings. The zero-order valence-corrected chi connectivity index (χ0v) is 27.2. The Labute approximate surface area is 261 Å². The summed E-state index contributed by atoms with van der Waals surface area (Å²) in [4.78, 5) is 80.3. The molecule has 4 N–H and O–H groups in total. The van der Waals surface area contributed by atoms with Crippen molar-refractivity contribution in [2.24, 2.45) is 5.41 Å². The third-order valence-electron chi connectivity index (χ3n) is 6.63. The lowest BCUT2D eigenvalue weighted by atomic mass is 9.86. The van der Waals surface area contributed by atoms with E-state index >= 15 is 0 Å². The minimum atomic E-state index is -1.15. The maximum Gasteiger partial charge on any atom is 0.326 e. The number of nitrogens with zero attached hydrogens (tertiary/aromatic N) is 1. The Morgan fingerprint density at radius 2 is 1.65 bits per heavy atom. The highest BCUT2D eigenvalue weighted by atomic mass is 33.1. The van der Waals surface area contributed by atoms with E-state index < -0.39 is 65.8 Å². The maximum absolute atomic E-state index is 13.6. The second kappa shape index (κ2) is 18.1. The Hall–Kier alpha value is -2.78. The molecule has 0 bridgehead atoms. The second-order valence-corrected chi connectivity index (χ2v) is 14.0. The molecule has 4 atom stereocenters. The Bertz CT molecular complexity index is 1030. The van der Waals surface area contributed by atoms with Gasteiger partial charge in [-0.3, -0.25) is 28.8 Å². The van der Waals surface area contributed by atoms with E-state index in [2.05, 4.69) is 21.3 Å². The predicted molar refractivity (Wildman–Crippen MR) is 165 cm³/mol. The number of cyclic esters (lactones) is 1. The summed E-state index contributed by atoms with van der Waals surface area (Å²) in [6, 6.07) is -3.22. The van der Waals surface area contributed by atoms with E-state index in [0.29, 0.717) is 26.3 Å². The molecule has 0 aliphatic carbocycles. The van der Waals surface area contributed by atoms with Crippen LogP contribution < -0.4 is 21.3 Å². The van der Waals surface area contributed by atoms with E-state index in [-0.39, 0.29) is 30.9 Å². The molecule has 0 saturated carbocycles. The van der Waals surface area contributed by atoms with Crippen molar-refractivity contribution < 1.29 is 38.2 Å². The summed E-state index contributed by atoms with van der Waals surface area (Å²) in [7, 11) is 2.89. The van der Waals surface area contributed by atoms with Crippen molar-refractivity contribution in [3.63, 3.8) is 0 Å². The van der Waals surface area contributed by atoms with Crippen LogP contribution in [0.3, 0.4) is 0 Å². The average Bonchev–Trinajstić information content (AvgIpc) is 2.95. The molecule has 242 valence electrons. The minimum Gasteiger partial charge on any atom is -0.456 e. The van der Waals surface area contributed by atoms with Crippen LogP contribution in [-0.4, -0.2) is 109 Å². The van der Waals surface area contributed by atoms with Gasteiger partial charge in [-0.15, -0.1) is 0 Å². The zero-order chi connectivity index (χ0) is 32.0. The van der Waals surface area contributed by atoms with Gasteiger partial charge in [-0.1, -0.05) is 55.4 Å². The van der Waals surface area contributed by atoms with Gasteiger partial charge in [0.05, 0.1) is 19.6 Å². The van der Waals surface area contributed by atoms with Gasteiger partial charge in [0.15, 0.2) is 0 Å². The van der Waals surface area contributed by atoms with Crippen molar-refractivity contribution in [3.8, 4) is 0 Å². The van der Waals surface area contributed by atoms with Crippen LogP contribution in [0.25, 0.3) is 0 Å². The molecule has 2 rings (SSSR count). The van der Waals surface area contributed by atoms with Gasteiger partial charge in [0.2, 0.25) is 29.5 Å². The van der Waals surface area contributed by atoms with E-state index in [1.807, 2.05) is 6.92 Å². The lowest BCUT2D eigenvalue weighted by molar-refractivity contribution is -0.149. The van der Waals surface area contributed by atoms with Crippen molar-refractivity contribution in [1.82, 2.24) is 26.2 Å². The molecule has 13 nitrogen and oxygen atoms in total. The summed E-state index contributed by atoms with van der Waals surface area (Å²) in [6.45, 7) is 10.2. The van der Waals surface area contributed by atoms with E-state index in [0.717, 1.165) is 5.75 Å². The lowest BCUT2D eigenvalue weighted by Crippen LogP contribution is -2.60. The van der Waals surface area contributed by atoms with Gasteiger partial charge < -0.3 is 35.6 Å². The molecule has 2 aliphatic heterocycles. The molecule has 43 heavy (non-hydrogen) atoms. The Morgan fingerprint density at radius 1 is 0.977 bits per heavy atom. The fourth-order valence-electron chi connectivity index (χ4n) is 4.35. The van der Waals surface area contributed by atoms with Crippen molar-refractivity contribution >= 4 is 57.1 Å². The van der Waals surface area contributed by atoms with E-state index in [9.17, 15) is 28.8 Å². The number of hydrogen-bond acceptors (Lipinski definition) is 10. The smallest absolute Gasteiger partial charge is 0.326 e.